The number of nitrogens with two attached hydrogens (primary N) is 1. The second-order valence-corrected chi connectivity index (χ2v) is 5.01. The summed E-state index contributed by atoms with van der Waals surface area (Å²) in [5.41, 5.74) is 7.62. The molecule has 0 fully saturated rings. The lowest BCUT2D eigenvalue weighted by atomic mass is 9.98. The lowest BCUT2D eigenvalue weighted by Gasteiger charge is -2.24. The van der Waals surface area contributed by atoms with Crippen LogP contribution in [0.3, 0.4) is 0 Å². The van der Waals surface area contributed by atoms with Gasteiger partial charge in [0, 0.05) is 12.8 Å². The summed E-state index contributed by atoms with van der Waals surface area (Å²) in [6, 6.07) is 10.3. The van der Waals surface area contributed by atoms with E-state index in [1.807, 2.05) is 22.9 Å². The molecule has 0 aliphatic rings. The zero-order valence-corrected chi connectivity index (χ0v) is 12.6. The Hall–Kier alpha value is -1.68. The van der Waals surface area contributed by atoms with Gasteiger partial charge in [0.25, 0.3) is 0 Å². The van der Waals surface area contributed by atoms with Gasteiger partial charge in [-0.3, -0.25) is 0 Å². The molecule has 4 nitrogen and oxygen atoms in total. The first kappa shape index (κ1) is 14.7. The summed E-state index contributed by atoms with van der Waals surface area (Å²) < 4.78 is 2.04. The third-order valence-corrected chi connectivity index (χ3v) is 3.71. The van der Waals surface area contributed by atoms with Crippen LogP contribution in [0, 0.1) is 0 Å². The van der Waals surface area contributed by atoms with Crippen LogP contribution in [0.25, 0.3) is 0 Å². The van der Waals surface area contributed by atoms with Crippen molar-refractivity contribution in [2.75, 3.05) is 0 Å². The van der Waals surface area contributed by atoms with E-state index in [4.69, 9.17) is 5.73 Å². The van der Waals surface area contributed by atoms with E-state index in [2.05, 4.69) is 43.0 Å². The van der Waals surface area contributed by atoms with Crippen LogP contribution in [0.5, 0.6) is 0 Å². The molecule has 1 aromatic heterocycles. The van der Waals surface area contributed by atoms with Crippen LogP contribution in [0.1, 0.15) is 56.5 Å². The SMILES string of the molecule is CCc1nc(CC)n(C(CC)C(N)c2ccccc2)n1. The Labute approximate surface area is 121 Å². The molecule has 4 heteroatoms. The van der Waals surface area contributed by atoms with Gasteiger partial charge >= 0.3 is 0 Å². The molecule has 0 aliphatic heterocycles. The van der Waals surface area contributed by atoms with E-state index in [1.54, 1.807) is 0 Å². The van der Waals surface area contributed by atoms with Gasteiger partial charge in [0.15, 0.2) is 5.82 Å². The molecule has 0 saturated carbocycles. The van der Waals surface area contributed by atoms with Crippen molar-refractivity contribution in [2.24, 2.45) is 5.73 Å². The van der Waals surface area contributed by atoms with Gasteiger partial charge in [-0.05, 0) is 12.0 Å². The van der Waals surface area contributed by atoms with Crippen LogP contribution in [0.2, 0.25) is 0 Å². The molecule has 0 bridgehead atoms. The van der Waals surface area contributed by atoms with E-state index in [-0.39, 0.29) is 12.1 Å². The van der Waals surface area contributed by atoms with E-state index in [0.717, 1.165) is 36.5 Å². The minimum absolute atomic E-state index is 0.0575. The highest BCUT2D eigenvalue weighted by Crippen LogP contribution is 2.27. The van der Waals surface area contributed by atoms with Crippen molar-refractivity contribution in [2.45, 2.75) is 52.1 Å². The van der Waals surface area contributed by atoms with Crippen molar-refractivity contribution in [1.82, 2.24) is 14.8 Å². The van der Waals surface area contributed by atoms with Gasteiger partial charge in [-0.1, -0.05) is 51.1 Å². The fraction of sp³-hybridized carbons (Fsp3) is 0.500. The molecule has 2 aromatic rings. The summed E-state index contributed by atoms with van der Waals surface area (Å²) in [4.78, 5) is 4.59. The molecule has 20 heavy (non-hydrogen) atoms. The van der Waals surface area contributed by atoms with E-state index in [1.165, 1.54) is 0 Å². The van der Waals surface area contributed by atoms with Crippen LogP contribution in [0.4, 0.5) is 0 Å². The maximum absolute atomic E-state index is 6.47. The highest BCUT2D eigenvalue weighted by Gasteiger charge is 2.23. The van der Waals surface area contributed by atoms with Crippen molar-refractivity contribution in [3.63, 3.8) is 0 Å². The molecule has 1 heterocycles. The molecule has 0 amide bonds. The second-order valence-electron chi connectivity index (χ2n) is 5.01. The lowest BCUT2D eigenvalue weighted by Crippen LogP contribution is -2.26. The molecule has 2 rings (SSSR count). The van der Waals surface area contributed by atoms with Crippen LogP contribution < -0.4 is 5.73 Å². The summed E-state index contributed by atoms with van der Waals surface area (Å²) in [5, 5.41) is 4.64. The third kappa shape index (κ3) is 2.90. The smallest absolute Gasteiger partial charge is 0.150 e. The second kappa shape index (κ2) is 6.66. The first-order valence-corrected chi connectivity index (χ1v) is 7.46. The molecular weight excluding hydrogens is 248 g/mol. The molecule has 0 saturated heterocycles. The zero-order chi connectivity index (χ0) is 14.5. The minimum atomic E-state index is -0.0575. The van der Waals surface area contributed by atoms with E-state index < -0.39 is 0 Å². The number of aryl methyl sites for hydroxylation is 2. The molecule has 0 radical (unpaired) electrons. The summed E-state index contributed by atoms with van der Waals surface area (Å²) in [7, 11) is 0. The van der Waals surface area contributed by atoms with Crippen molar-refractivity contribution in [1.29, 1.82) is 0 Å². The van der Waals surface area contributed by atoms with Gasteiger partial charge < -0.3 is 5.73 Å². The Bertz CT molecular complexity index is 533. The minimum Gasteiger partial charge on any atom is -0.322 e. The maximum Gasteiger partial charge on any atom is 0.150 e. The molecule has 2 N–H and O–H groups in total. The normalized spacial score (nSPS) is 14.2. The topological polar surface area (TPSA) is 56.7 Å². The first-order valence-electron chi connectivity index (χ1n) is 7.46. The number of benzene rings is 1. The average molecular weight is 272 g/mol. The average Bonchev–Trinajstić information content (AvgIpc) is 2.92. The summed E-state index contributed by atoms with van der Waals surface area (Å²) in [5.74, 6) is 1.93. The fourth-order valence-corrected chi connectivity index (χ4v) is 2.54. The predicted molar refractivity (Wildman–Crippen MR) is 81.5 cm³/mol. The van der Waals surface area contributed by atoms with E-state index >= 15 is 0 Å². The Balaban J connectivity index is 2.34. The summed E-state index contributed by atoms with van der Waals surface area (Å²) in [6.45, 7) is 6.35. The fourth-order valence-electron chi connectivity index (χ4n) is 2.54. The van der Waals surface area contributed by atoms with Crippen molar-refractivity contribution < 1.29 is 0 Å². The molecular formula is C16H24N4. The number of aromatic nitrogens is 3. The van der Waals surface area contributed by atoms with Crippen LogP contribution in [-0.4, -0.2) is 14.8 Å². The maximum atomic E-state index is 6.47. The predicted octanol–water partition coefficient (Wildman–Crippen LogP) is 3.05. The van der Waals surface area contributed by atoms with Gasteiger partial charge in [-0.2, -0.15) is 5.10 Å². The largest absolute Gasteiger partial charge is 0.322 e. The van der Waals surface area contributed by atoms with E-state index in [0.29, 0.717) is 0 Å². The Kier molecular flexibility index (Phi) is 4.90. The number of nitrogens with zero attached hydrogens (tertiary/aromatic N) is 3. The van der Waals surface area contributed by atoms with Crippen molar-refractivity contribution in [3.05, 3.63) is 47.5 Å². The standard InChI is InChI=1S/C16H24N4/c1-4-13(16(17)12-10-8-7-9-11-12)20-15(6-3)18-14(5-2)19-20/h7-11,13,16H,4-6,17H2,1-3H3. The van der Waals surface area contributed by atoms with Crippen LogP contribution >= 0.6 is 0 Å². The van der Waals surface area contributed by atoms with Gasteiger partial charge in [-0.15, -0.1) is 0 Å². The number of hydrogen-bond acceptors (Lipinski definition) is 3. The Morgan fingerprint density at radius 1 is 1.10 bits per heavy atom. The third-order valence-electron chi connectivity index (χ3n) is 3.71. The molecule has 0 aliphatic carbocycles. The summed E-state index contributed by atoms with van der Waals surface area (Å²) in [6.07, 6.45) is 2.68. The van der Waals surface area contributed by atoms with E-state index in [9.17, 15) is 0 Å². The quantitative estimate of drug-likeness (QED) is 0.879. The van der Waals surface area contributed by atoms with Gasteiger partial charge in [0.1, 0.15) is 5.82 Å². The lowest BCUT2D eigenvalue weighted by molar-refractivity contribution is 0.360. The molecule has 108 valence electrons. The van der Waals surface area contributed by atoms with Crippen molar-refractivity contribution >= 4 is 0 Å². The van der Waals surface area contributed by atoms with Gasteiger partial charge in [0.05, 0.1) is 12.1 Å². The van der Waals surface area contributed by atoms with Gasteiger partial charge in [-0.25, -0.2) is 9.67 Å². The molecule has 2 atom stereocenters. The highest BCUT2D eigenvalue weighted by molar-refractivity contribution is 5.20. The molecule has 0 spiro atoms. The van der Waals surface area contributed by atoms with Crippen molar-refractivity contribution in [3.8, 4) is 0 Å². The monoisotopic (exact) mass is 272 g/mol. The Morgan fingerprint density at radius 3 is 2.35 bits per heavy atom. The van der Waals surface area contributed by atoms with Crippen LogP contribution in [0.15, 0.2) is 30.3 Å². The highest BCUT2D eigenvalue weighted by atomic mass is 15.4. The zero-order valence-electron chi connectivity index (χ0n) is 12.6. The molecule has 1 aromatic carbocycles. The number of hydrogen-bond donors (Lipinski definition) is 1. The van der Waals surface area contributed by atoms with Gasteiger partial charge in [0.2, 0.25) is 0 Å². The van der Waals surface area contributed by atoms with Crippen LogP contribution in [-0.2, 0) is 12.8 Å². The summed E-state index contributed by atoms with van der Waals surface area (Å²) >= 11 is 0. The first-order chi connectivity index (χ1) is 9.71. The molecule has 2 unspecified atom stereocenters. The Morgan fingerprint density at radius 2 is 1.80 bits per heavy atom. The number of rotatable bonds is 6.